The number of nitrogens with zero attached hydrogens (tertiary/aromatic N) is 2. The molecule has 114 valence electrons. The molecule has 0 spiro atoms. The summed E-state index contributed by atoms with van der Waals surface area (Å²) in [6, 6.07) is 4.19. The highest BCUT2D eigenvalue weighted by molar-refractivity contribution is 5.81. The molecule has 0 aliphatic carbocycles. The zero-order valence-corrected chi connectivity index (χ0v) is 12.6. The fourth-order valence-corrected chi connectivity index (χ4v) is 2.21. The van der Waals surface area contributed by atoms with Crippen LogP contribution >= 0.6 is 0 Å². The van der Waals surface area contributed by atoms with Crippen LogP contribution in [0.4, 0.5) is 0 Å². The first-order chi connectivity index (χ1) is 10.2. The molecule has 0 radical (unpaired) electrons. The van der Waals surface area contributed by atoms with Gasteiger partial charge in [-0.3, -0.25) is 9.78 Å². The Bertz CT molecular complexity index is 505. The van der Waals surface area contributed by atoms with E-state index in [0.717, 1.165) is 30.2 Å². The second-order valence-corrected chi connectivity index (χ2v) is 5.15. The smallest absolute Gasteiger partial charge is 0.220 e. The Morgan fingerprint density at radius 1 is 1.57 bits per heavy atom. The Morgan fingerprint density at radius 3 is 3.10 bits per heavy atom. The van der Waals surface area contributed by atoms with E-state index in [1.165, 1.54) is 0 Å². The van der Waals surface area contributed by atoms with Gasteiger partial charge >= 0.3 is 0 Å². The predicted molar refractivity (Wildman–Crippen MR) is 83.0 cm³/mol. The summed E-state index contributed by atoms with van der Waals surface area (Å²) in [4.78, 5) is 20.1. The van der Waals surface area contributed by atoms with Crippen LogP contribution < -0.4 is 16.0 Å². The van der Waals surface area contributed by atoms with Gasteiger partial charge in [0.1, 0.15) is 0 Å². The van der Waals surface area contributed by atoms with Gasteiger partial charge in [0.25, 0.3) is 0 Å². The molecule has 21 heavy (non-hydrogen) atoms. The van der Waals surface area contributed by atoms with Crippen LogP contribution in [0.2, 0.25) is 0 Å². The highest BCUT2D eigenvalue weighted by Crippen LogP contribution is 2.05. The maximum atomic E-state index is 11.2. The second-order valence-electron chi connectivity index (χ2n) is 5.15. The van der Waals surface area contributed by atoms with Crippen molar-refractivity contribution in [3.8, 4) is 0 Å². The fourth-order valence-electron chi connectivity index (χ4n) is 2.21. The molecule has 1 amide bonds. The molecule has 6 heteroatoms. The van der Waals surface area contributed by atoms with E-state index in [4.69, 9.17) is 0 Å². The maximum Gasteiger partial charge on any atom is 0.220 e. The zero-order chi connectivity index (χ0) is 15.1. The van der Waals surface area contributed by atoms with Crippen molar-refractivity contribution in [1.82, 2.24) is 20.9 Å². The van der Waals surface area contributed by atoms with Gasteiger partial charge in [-0.05, 0) is 31.9 Å². The van der Waals surface area contributed by atoms with E-state index in [2.05, 4.69) is 25.9 Å². The van der Waals surface area contributed by atoms with Crippen molar-refractivity contribution in [3.63, 3.8) is 0 Å². The molecule has 1 aliphatic heterocycles. The molecule has 0 bridgehead atoms. The van der Waals surface area contributed by atoms with Gasteiger partial charge in [0.15, 0.2) is 5.96 Å². The summed E-state index contributed by atoms with van der Waals surface area (Å²) in [6.45, 7) is 6.06. The average Bonchev–Trinajstić information content (AvgIpc) is 2.49. The summed E-state index contributed by atoms with van der Waals surface area (Å²) in [7, 11) is 0. The molecule has 1 unspecified atom stereocenters. The zero-order valence-electron chi connectivity index (χ0n) is 12.6. The second kappa shape index (κ2) is 7.61. The summed E-state index contributed by atoms with van der Waals surface area (Å²) in [5.41, 5.74) is 2.12. The van der Waals surface area contributed by atoms with Crippen molar-refractivity contribution < 1.29 is 4.79 Å². The van der Waals surface area contributed by atoms with Crippen molar-refractivity contribution in [1.29, 1.82) is 0 Å². The number of hydrogen-bond acceptors (Lipinski definition) is 3. The van der Waals surface area contributed by atoms with Crippen LogP contribution in [0.15, 0.2) is 23.3 Å². The topological polar surface area (TPSA) is 78.4 Å². The number of aliphatic imine (C=N–C) groups is 1. The average molecular weight is 289 g/mol. The SMILES string of the molecule is CCNC(=NCc1ncccc1C)NC1CCC(=O)NC1. The molecule has 6 nitrogen and oxygen atoms in total. The van der Waals surface area contributed by atoms with Gasteiger partial charge < -0.3 is 16.0 Å². The first kappa shape index (κ1) is 15.3. The lowest BCUT2D eigenvalue weighted by molar-refractivity contribution is -0.122. The molecule has 0 aromatic carbocycles. The largest absolute Gasteiger partial charge is 0.357 e. The van der Waals surface area contributed by atoms with Gasteiger partial charge in [-0.25, -0.2) is 4.99 Å². The van der Waals surface area contributed by atoms with E-state index >= 15 is 0 Å². The molecular weight excluding hydrogens is 266 g/mol. The van der Waals surface area contributed by atoms with E-state index < -0.39 is 0 Å². The van der Waals surface area contributed by atoms with Crippen molar-refractivity contribution in [2.75, 3.05) is 13.1 Å². The number of hydrogen-bond donors (Lipinski definition) is 3. The van der Waals surface area contributed by atoms with Gasteiger partial charge in [-0.1, -0.05) is 6.07 Å². The number of carbonyl (C=O) groups is 1. The van der Waals surface area contributed by atoms with Crippen molar-refractivity contribution in [3.05, 3.63) is 29.6 Å². The number of pyridine rings is 1. The normalized spacial score (nSPS) is 19.0. The number of aryl methyl sites for hydroxylation is 1. The molecule has 3 N–H and O–H groups in total. The van der Waals surface area contributed by atoms with Crippen molar-refractivity contribution in [2.45, 2.75) is 39.3 Å². The Hall–Kier alpha value is -2.11. The molecule has 2 heterocycles. The third-order valence-electron chi connectivity index (χ3n) is 3.46. The third kappa shape index (κ3) is 4.73. The number of guanidine groups is 1. The molecule has 2 rings (SSSR count). The van der Waals surface area contributed by atoms with E-state index in [-0.39, 0.29) is 11.9 Å². The van der Waals surface area contributed by atoms with Crippen molar-refractivity contribution >= 4 is 11.9 Å². The van der Waals surface area contributed by atoms with E-state index in [0.29, 0.717) is 19.5 Å². The monoisotopic (exact) mass is 289 g/mol. The Labute approximate surface area is 125 Å². The molecular formula is C15H23N5O. The maximum absolute atomic E-state index is 11.2. The van der Waals surface area contributed by atoms with Gasteiger partial charge in [0, 0.05) is 31.7 Å². The van der Waals surface area contributed by atoms with E-state index in [1.807, 2.05) is 26.0 Å². The highest BCUT2D eigenvalue weighted by Gasteiger charge is 2.18. The standard InChI is InChI=1S/C15H23N5O/c1-3-16-15(20-12-6-7-14(21)18-9-12)19-10-13-11(2)5-4-8-17-13/h4-5,8,12H,3,6-7,9-10H2,1-2H3,(H,18,21)(H2,16,19,20). The Morgan fingerprint density at radius 2 is 2.43 bits per heavy atom. The predicted octanol–water partition coefficient (Wildman–Crippen LogP) is 0.724. The molecule has 0 saturated carbocycles. The molecule has 1 fully saturated rings. The molecule has 1 atom stereocenters. The van der Waals surface area contributed by atoms with Crippen LogP contribution in [-0.2, 0) is 11.3 Å². The highest BCUT2D eigenvalue weighted by atomic mass is 16.1. The van der Waals surface area contributed by atoms with E-state index in [9.17, 15) is 4.79 Å². The Balaban J connectivity index is 1.96. The number of nitrogens with one attached hydrogen (secondary N) is 3. The number of rotatable bonds is 4. The lowest BCUT2D eigenvalue weighted by Crippen LogP contribution is -2.51. The van der Waals surface area contributed by atoms with Crippen LogP contribution in [-0.4, -0.2) is 36.0 Å². The van der Waals surface area contributed by atoms with Crippen LogP contribution in [0.1, 0.15) is 31.0 Å². The summed E-state index contributed by atoms with van der Waals surface area (Å²) >= 11 is 0. The van der Waals surface area contributed by atoms with Gasteiger partial charge in [-0.2, -0.15) is 0 Å². The van der Waals surface area contributed by atoms with Gasteiger partial charge in [-0.15, -0.1) is 0 Å². The number of aromatic nitrogens is 1. The summed E-state index contributed by atoms with van der Waals surface area (Å²) in [6.07, 6.45) is 3.18. The minimum Gasteiger partial charge on any atom is -0.357 e. The quantitative estimate of drug-likeness (QED) is 0.564. The lowest BCUT2D eigenvalue weighted by atomic mass is 10.1. The lowest BCUT2D eigenvalue weighted by Gasteiger charge is -2.25. The van der Waals surface area contributed by atoms with Crippen molar-refractivity contribution in [2.24, 2.45) is 4.99 Å². The van der Waals surface area contributed by atoms with Crippen LogP contribution in [0.25, 0.3) is 0 Å². The molecule has 1 aliphatic rings. The van der Waals surface area contributed by atoms with Gasteiger partial charge in [0.2, 0.25) is 5.91 Å². The van der Waals surface area contributed by atoms with Gasteiger partial charge in [0.05, 0.1) is 12.2 Å². The third-order valence-corrected chi connectivity index (χ3v) is 3.46. The fraction of sp³-hybridized carbons (Fsp3) is 0.533. The van der Waals surface area contributed by atoms with E-state index in [1.54, 1.807) is 6.20 Å². The minimum atomic E-state index is 0.124. The van der Waals surface area contributed by atoms with Crippen LogP contribution in [0, 0.1) is 6.92 Å². The number of carbonyl (C=O) groups excluding carboxylic acids is 1. The van der Waals surface area contributed by atoms with Crippen LogP contribution in [0.5, 0.6) is 0 Å². The number of piperidine rings is 1. The summed E-state index contributed by atoms with van der Waals surface area (Å²) < 4.78 is 0. The summed E-state index contributed by atoms with van der Waals surface area (Å²) in [5.74, 6) is 0.891. The number of amides is 1. The Kier molecular flexibility index (Phi) is 5.54. The van der Waals surface area contributed by atoms with Crippen LogP contribution in [0.3, 0.4) is 0 Å². The first-order valence-electron chi connectivity index (χ1n) is 7.41. The first-order valence-corrected chi connectivity index (χ1v) is 7.41. The summed E-state index contributed by atoms with van der Waals surface area (Å²) in [5, 5.41) is 9.46. The minimum absolute atomic E-state index is 0.124. The molecule has 1 saturated heterocycles. The molecule has 1 aromatic rings. The molecule has 1 aromatic heterocycles.